The molecule has 0 aliphatic heterocycles. The molecule has 0 bridgehead atoms. The molecule has 0 atom stereocenters. The molecule has 2 rings (SSSR count). The van der Waals surface area contributed by atoms with E-state index in [1.807, 2.05) is 25.1 Å². The molecule has 0 aromatic heterocycles. The zero-order valence-corrected chi connectivity index (χ0v) is 15.2. The smallest absolute Gasteiger partial charge is 0.272 e. The minimum absolute atomic E-state index is 0.266. The van der Waals surface area contributed by atoms with Gasteiger partial charge in [0.1, 0.15) is 5.75 Å². The van der Waals surface area contributed by atoms with Crippen LogP contribution in [0.2, 0.25) is 10.0 Å². The van der Waals surface area contributed by atoms with Gasteiger partial charge in [-0.2, -0.15) is 5.10 Å². The summed E-state index contributed by atoms with van der Waals surface area (Å²) in [4.78, 5) is 12.1. The van der Waals surface area contributed by atoms with Crippen molar-refractivity contribution in [1.82, 2.24) is 5.43 Å². The average molecular weight is 416 g/mol. The first-order valence-corrected chi connectivity index (χ1v) is 8.27. The van der Waals surface area contributed by atoms with E-state index in [9.17, 15) is 4.79 Å². The van der Waals surface area contributed by atoms with Crippen LogP contribution in [0.3, 0.4) is 0 Å². The summed E-state index contributed by atoms with van der Waals surface area (Å²) in [6.07, 6.45) is 1.51. The van der Waals surface area contributed by atoms with E-state index in [1.54, 1.807) is 12.1 Å². The maximum atomic E-state index is 12.1. The van der Waals surface area contributed by atoms with E-state index in [0.29, 0.717) is 22.9 Å². The van der Waals surface area contributed by atoms with Gasteiger partial charge < -0.3 is 4.74 Å². The van der Waals surface area contributed by atoms with Crippen LogP contribution in [0, 0.1) is 0 Å². The lowest BCUT2D eigenvalue weighted by Crippen LogP contribution is -2.18. The fourth-order valence-electron chi connectivity index (χ4n) is 1.80. The summed E-state index contributed by atoms with van der Waals surface area (Å²) < 4.78 is 6.39. The van der Waals surface area contributed by atoms with E-state index >= 15 is 0 Å². The molecule has 0 saturated heterocycles. The van der Waals surface area contributed by atoms with E-state index in [0.717, 1.165) is 10.0 Å². The second-order valence-corrected chi connectivity index (χ2v) is 6.20. The van der Waals surface area contributed by atoms with Crippen molar-refractivity contribution in [2.45, 2.75) is 6.92 Å². The molecule has 0 aliphatic rings. The summed E-state index contributed by atoms with van der Waals surface area (Å²) in [6, 6.07) is 10.2. The molecule has 1 amide bonds. The van der Waals surface area contributed by atoms with Gasteiger partial charge in [0.05, 0.1) is 23.4 Å². The summed E-state index contributed by atoms with van der Waals surface area (Å²) >= 11 is 15.2. The highest BCUT2D eigenvalue weighted by atomic mass is 79.9. The Morgan fingerprint density at radius 2 is 2.09 bits per heavy atom. The minimum atomic E-state index is -0.420. The molecule has 23 heavy (non-hydrogen) atoms. The van der Waals surface area contributed by atoms with Gasteiger partial charge in [0.2, 0.25) is 0 Å². The summed E-state index contributed by atoms with van der Waals surface area (Å²) in [5.41, 5.74) is 3.47. The molecule has 1 N–H and O–H groups in total. The third-order valence-corrected chi connectivity index (χ3v) is 3.86. The van der Waals surface area contributed by atoms with Crippen LogP contribution in [0.4, 0.5) is 0 Å². The SMILES string of the molecule is CCOc1ccc(Br)cc1/C=N/NC(=O)c1ccc(Cl)cc1Cl. The quantitative estimate of drug-likeness (QED) is 0.556. The lowest BCUT2D eigenvalue weighted by molar-refractivity contribution is 0.0955. The number of nitrogens with zero attached hydrogens (tertiary/aromatic N) is 1. The van der Waals surface area contributed by atoms with Crippen molar-refractivity contribution in [2.75, 3.05) is 6.61 Å². The number of halogens is 3. The zero-order valence-electron chi connectivity index (χ0n) is 12.1. The van der Waals surface area contributed by atoms with Crippen molar-refractivity contribution in [1.29, 1.82) is 0 Å². The fraction of sp³-hybridized carbons (Fsp3) is 0.125. The molecular formula is C16H13BrCl2N2O2. The summed E-state index contributed by atoms with van der Waals surface area (Å²) in [5, 5.41) is 4.68. The van der Waals surface area contributed by atoms with Crippen LogP contribution in [0.15, 0.2) is 46.0 Å². The average Bonchev–Trinajstić information content (AvgIpc) is 2.50. The molecule has 120 valence electrons. The molecule has 0 aliphatic carbocycles. The highest BCUT2D eigenvalue weighted by Crippen LogP contribution is 2.22. The molecule has 0 unspecified atom stereocenters. The maximum absolute atomic E-state index is 12.1. The lowest BCUT2D eigenvalue weighted by atomic mass is 10.2. The largest absolute Gasteiger partial charge is 0.493 e. The number of hydrazone groups is 1. The first-order chi connectivity index (χ1) is 11.0. The number of nitrogens with one attached hydrogen (secondary N) is 1. The molecule has 0 radical (unpaired) electrons. The van der Waals surface area contributed by atoms with Crippen molar-refractivity contribution in [3.8, 4) is 5.75 Å². The Bertz CT molecular complexity index is 751. The number of carbonyl (C=O) groups excluding carboxylic acids is 1. The van der Waals surface area contributed by atoms with Gasteiger partial charge in [0.25, 0.3) is 5.91 Å². The van der Waals surface area contributed by atoms with Crippen LogP contribution in [0.25, 0.3) is 0 Å². The lowest BCUT2D eigenvalue weighted by Gasteiger charge is -2.07. The number of hydrogen-bond acceptors (Lipinski definition) is 3. The number of benzene rings is 2. The first kappa shape index (κ1) is 17.8. The Morgan fingerprint density at radius 1 is 1.30 bits per heavy atom. The van der Waals surface area contributed by atoms with Gasteiger partial charge in [-0.15, -0.1) is 0 Å². The van der Waals surface area contributed by atoms with E-state index in [4.69, 9.17) is 27.9 Å². The number of hydrogen-bond donors (Lipinski definition) is 1. The topological polar surface area (TPSA) is 50.7 Å². The van der Waals surface area contributed by atoms with Crippen LogP contribution >= 0.6 is 39.1 Å². The van der Waals surface area contributed by atoms with Crippen molar-refractivity contribution < 1.29 is 9.53 Å². The molecule has 2 aromatic rings. The molecule has 4 nitrogen and oxygen atoms in total. The molecule has 0 heterocycles. The Labute approximate surface area is 152 Å². The van der Waals surface area contributed by atoms with Crippen molar-refractivity contribution in [2.24, 2.45) is 5.10 Å². The number of amides is 1. The Balaban J connectivity index is 2.12. The van der Waals surface area contributed by atoms with Gasteiger partial charge in [-0.05, 0) is 43.3 Å². The van der Waals surface area contributed by atoms with Crippen molar-refractivity contribution >= 4 is 51.3 Å². The Morgan fingerprint density at radius 3 is 2.78 bits per heavy atom. The highest BCUT2D eigenvalue weighted by molar-refractivity contribution is 9.10. The molecule has 0 fully saturated rings. The van der Waals surface area contributed by atoms with Crippen molar-refractivity contribution in [3.63, 3.8) is 0 Å². The van der Waals surface area contributed by atoms with Crippen LogP contribution in [-0.4, -0.2) is 18.7 Å². The molecule has 7 heteroatoms. The summed E-state index contributed by atoms with van der Waals surface area (Å²) in [7, 11) is 0. The molecular weight excluding hydrogens is 403 g/mol. The van der Waals surface area contributed by atoms with Gasteiger partial charge in [-0.25, -0.2) is 5.43 Å². The highest BCUT2D eigenvalue weighted by Gasteiger charge is 2.10. The maximum Gasteiger partial charge on any atom is 0.272 e. The Hall–Kier alpha value is -1.56. The monoisotopic (exact) mass is 414 g/mol. The standard InChI is InChI=1S/C16H13BrCl2N2O2/c1-2-23-15-6-3-11(17)7-10(15)9-20-21-16(22)13-5-4-12(18)8-14(13)19/h3-9H,2H2,1H3,(H,21,22)/b20-9+. The van der Waals surface area contributed by atoms with E-state index < -0.39 is 5.91 Å². The van der Waals surface area contributed by atoms with Gasteiger partial charge in [-0.3, -0.25) is 4.79 Å². The second kappa shape index (κ2) is 8.34. The Kier molecular flexibility index (Phi) is 6.45. The van der Waals surface area contributed by atoms with Gasteiger partial charge in [0, 0.05) is 15.1 Å². The van der Waals surface area contributed by atoms with E-state index in [1.165, 1.54) is 12.3 Å². The third-order valence-electron chi connectivity index (χ3n) is 2.82. The summed E-state index contributed by atoms with van der Waals surface area (Å²) in [5.74, 6) is 0.258. The van der Waals surface area contributed by atoms with Crippen molar-refractivity contribution in [3.05, 3.63) is 62.0 Å². The normalized spacial score (nSPS) is 10.8. The van der Waals surface area contributed by atoms with Crippen LogP contribution in [0.1, 0.15) is 22.8 Å². The molecule has 2 aromatic carbocycles. The van der Waals surface area contributed by atoms with Gasteiger partial charge in [0.15, 0.2) is 0 Å². The summed E-state index contributed by atoms with van der Waals surface area (Å²) in [6.45, 7) is 2.43. The molecule has 0 spiro atoms. The second-order valence-electron chi connectivity index (χ2n) is 4.44. The predicted octanol–water partition coefficient (Wildman–Crippen LogP) is 4.92. The number of rotatable bonds is 5. The minimum Gasteiger partial charge on any atom is -0.493 e. The van der Waals surface area contributed by atoms with E-state index in [2.05, 4.69) is 26.5 Å². The fourth-order valence-corrected chi connectivity index (χ4v) is 2.67. The van der Waals surface area contributed by atoms with Crippen LogP contribution in [0.5, 0.6) is 5.75 Å². The zero-order chi connectivity index (χ0) is 16.8. The van der Waals surface area contributed by atoms with Crippen LogP contribution < -0.4 is 10.2 Å². The first-order valence-electron chi connectivity index (χ1n) is 6.72. The van der Waals surface area contributed by atoms with Crippen LogP contribution in [-0.2, 0) is 0 Å². The number of carbonyl (C=O) groups is 1. The predicted molar refractivity (Wildman–Crippen MR) is 96.8 cm³/mol. The number of ether oxygens (including phenoxy) is 1. The molecule has 0 saturated carbocycles. The third kappa shape index (κ3) is 4.96. The van der Waals surface area contributed by atoms with Gasteiger partial charge in [-0.1, -0.05) is 39.1 Å². The van der Waals surface area contributed by atoms with E-state index in [-0.39, 0.29) is 5.02 Å². The van der Waals surface area contributed by atoms with Gasteiger partial charge >= 0.3 is 0 Å².